The number of rotatable bonds is 11. The molecule has 8 nitrogen and oxygen atoms in total. The fourth-order valence-electron chi connectivity index (χ4n) is 7.45. The quantitative estimate of drug-likeness (QED) is 0.338. The number of halogens is 1. The smallest absolute Gasteiger partial charge is 0.246 e. The molecule has 2 saturated heterocycles. The number of amides is 3. The van der Waals surface area contributed by atoms with Crippen molar-refractivity contribution >= 4 is 39.3 Å². The van der Waals surface area contributed by atoms with Gasteiger partial charge in [-0.1, -0.05) is 84.6 Å². The lowest BCUT2D eigenvalue weighted by Crippen LogP contribution is -2.56. The molecular formula is C34H41BrN4O4. The summed E-state index contributed by atoms with van der Waals surface area (Å²) in [5.41, 5.74) is 0.757. The molecule has 5 atom stereocenters. The minimum Gasteiger partial charge on any atom is -0.359 e. The van der Waals surface area contributed by atoms with Crippen LogP contribution >= 0.6 is 15.9 Å². The van der Waals surface area contributed by atoms with Crippen molar-refractivity contribution in [1.82, 2.24) is 15.1 Å². The summed E-state index contributed by atoms with van der Waals surface area (Å²) in [4.78, 5) is 46.1. The molecule has 1 spiro atoms. The van der Waals surface area contributed by atoms with E-state index in [1.807, 2.05) is 54.6 Å². The van der Waals surface area contributed by atoms with E-state index in [1.165, 1.54) is 12.0 Å². The predicted octanol–water partition coefficient (Wildman–Crippen LogP) is 4.90. The highest BCUT2D eigenvalue weighted by molar-refractivity contribution is 9.10. The van der Waals surface area contributed by atoms with E-state index in [1.54, 1.807) is 4.90 Å². The number of ether oxygens (including phenoxy) is 1. The molecule has 4 aliphatic rings. The third-order valence-electron chi connectivity index (χ3n) is 9.56. The maximum absolute atomic E-state index is 14.3. The second-order valence-corrected chi connectivity index (χ2v) is 13.2. The summed E-state index contributed by atoms with van der Waals surface area (Å²) in [6, 6.07) is 17.0. The number of carbonyl (C=O) groups is 3. The Morgan fingerprint density at radius 2 is 1.79 bits per heavy atom. The van der Waals surface area contributed by atoms with Crippen LogP contribution < -0.4 is 10.6 Å². The van der Waals surface area contributed by atoms with Gasteiger partial charge in [0.15, 0.2) is 0 Å². The topological polar surface area (TPSA) is 91.0 Å². The molecule has 3 fully saturated rings. The molecule has 6 rings (SSSR count). The van der Waals surface area contributed by atoms with Crippen LogP contribution in [-0.4, -0.2) is 70.9 Å². The van der Waals surface area contributed by atoms with Gasteiger partial charge in [-0.15, -0.1) is 0 Å². The number of hydrogen-bond acceptors (Lipinski definition) is 5. The Bertz CT molecular complexity index is 1350. The van der Waals surface area contributed by atoms with Crippen LogP contribution in [0.3, 0.4) is 0 Å². The molecule has 3 heterocycles. The minimum absolute atomic E-state index is 0.106. The van der Waals surface area contributed by atoms with Crippen LogP contribution in [0.5, 0.6) is 0 Å². The van der Waals surface area contributed by atoms with E-state index in [0.29, 0.717) is 18.7 Å². The number of nitrogens with one attached hydrogen (secondary N) is 2. The highest BCUT2D eigenvalue weighted by Crippen LogP contribution is 2.55. The van der Waals surface area contributed by atoms with Gasteiger partial charge in [0.05, 0.1) is 17.9 Å². The molecule has 2 N–H and O–H groups in total. The van der Waals surface area contributed by atoms with Crippen LogP contribution in [-0.2, 0) is 25.7 Å². The Balaban J connectivity index is 1.22. The minimum atomic E-state index is -1.14. The maximum Gasteiger partial charge on any atom is 0.246 e. The normalized spacial score (nSPS) is 28.0. The number of likely N-dealkylation sites (tertiary alicyclic amines) is 1. The van der Waals surface area contributed by atoms with Crippen molar-refractivity contribution in [3.05, 3.63) is 76.8 Å². The van der Waals surface area contributed by atoms with Crippen LogP contribution in [0.1, 0.15) is 51.0 Å². The summed E-state index contributed by atoms with van der Waals surface area (Å²) in [7, 11) is 0. The molecule has 0 aromatic heterocycles. The molecule has 2 aromatic rings. The zero-order valence-electron chi connectivity index (χ0n) is 24.7. The summed E-state index contributed by atoms with van der Waals surface area (Å²) in [6.07, 6.45) is 9.21. The van der Waals surface area contributed by atoms with Gasteiger partial charge in [-0.25, -0.2) is 0 Å². The van der Waals surface area contributed by atoms with Crippen molar-refractivity contribution in [3.8, 4) is 0 Å². The standard InChI is InChI=1S/C34H41BrN4O4/c1-2-38(22-23-10-5-3-6-11-23)20-9-21-39-30(32(41)37-25-12-7-4-8-13-25)34-19-18-27(43-34)28(29(34)33(39)42)31(40)36-26-16-14-24(35)15-17-26/h3,5-6,10-11,14-19,25,27-30H,2,4,7-9,12-13,20-22H2,1H3,(H,36,40)(H,37,41)/t27-,28+,29-,30-,34+/m1/s1. The van der Waals surface area contributed by atoms with E-state index in [2.05, 4.69) is 50.5 Å². The van der Waals surface area contributed by atoms with Crippen LogP contribution in [0.25, 0.3) is 0 Å². The van der Waals surface area contributed by atoms with Crippen LogP contribution in [0.4, 0.5) is 5.69 Å². The Kier molecular flexibility index (Phi) is 9.03. The first kappa shape index (κ1) is 30.0. The molecular weight excluding hydrogens is 608 g/mol. The van der Waals surface area contributed by atoms with Crippen molar-refractivity contribution in [1.29, 1.82) is 0 Å². The average Bonchev–Trinajstić information content (AvgIpc) is 3.66. The molecule has 2 aromatic carbocycles. The third kappa shape index (κ3) is 6.04. The number of nitrogens with zero attached hydrogens (tertiary/aromatic N) is 2. The van der Waals surface area contributed by atoms with Gasteiger partial charge in [0.2, 0.25) is 17.7 Å². The lowest BCUT2D eigenvalue weighted by molar-refractivity contribution is -0.141. The number of benzene rings is 2. The van der Waals surface area contributed by atoms with Gasteiger partial charge in [0.1, 0.15) is 11.6 Å². The maximum atomic E-state index is 14.3. The van der Waals surface area contributed by atoms with E-state index in [0.717, 1.165) is 49.8 Å². The van der Waals surface area contributed by atoms with Crippen molar-refractivity contribution in [2.75, 3.05) is 25.0 Å². The molecule has 43 heavy (non-hydrogen) atoms. The number of fused-ring (bicyclic) bond motifs is 1. The average molecular weight is 650 g/mol. The first-order chi connectivity index (χ1) is 20.9. The number of carbonyl (C=O) groups excluding carboxylic acids is 3. The van der Waals surface area contributed by atoms with E-state index >= 15 is 0 Å². The Hall–Kier alpha value is -3.01. The summed E-state index contributed by atoms with van der Waals surface area (Å²) < 4.78 is 7.42. The molecule has 1 saturated carbocycles. The Labute approximate surface area is 262 Å². The molecule has 3 amide bonds. The highest BCUT2D eigenvalue weighted by atomic mass is 79.9. The van der Waals surface area contributed by atoms with Gasteiger partial charge in [-0.3, -0.25) is 19.3 Å². The van der Waals surface area contributed by atoms with E-state index < -0.39 is 29.6 Å². The second kappa shape index (κ2) is 12.9. The van der Waals surface area contributed by atoms with E-state index in [9.17, 15) is 14.4 Å². The van der Waals surface area contributed by atoms with Gasteiger partial charge in [0.25, 0.3) is 0 Å². The monoisotopic (exact) mass is 648 g/mol. The molecule has 0 unspecified atom stereocenters. The summed E-state index contributed by atoms with van der Waals surface area (Å²) >= 11 is 3.43. The van der Waals surface area contributed by atoms with Gasteiger partial charge >= 0.3 is 0 Å². The molecule has 0 radical (unpaired) electrons. The second-order valence-electron chi connectivity index (χ2n) is 12.3. The van der Waals surface area contributed by atoms with E-state index in [-0.39, 0.29) is 23.8 Å². The summed E-state index contributed by atoms with van der Waals surface area (Å²) in [6.45, 7) is 5.06. The number of hydrogen-bond donors (Lipinski definition) is 2. The van der Waals surface area contributed by atoms with Crippen LogP contribution in [0.2, 0.25) is 0 Å². The lowest BCUT2D eigenvalue weighted by Gasteiger charge is -2.34. The van der Waals surface area contributed by atoms with Gasteiger partial charge in [0, 0.05) is 35.8 Å². The largest absolute Gasteiger partial charge is 0.359 e. The third-order valence-corrected chi connectivity index (χ3v) is 10.1. The Morgan fingerprint density at radius 1 is 1.05 bits per heavy atom. The first-order valence-electron chi connectivity index (χ1n) is 15.7. The summed E-state index contributed by atoms with van der Waals surface area (Å²) in [5, 5.41) is 6.26. The SMILES string of the molecule is CCN(CCCN1C(=O)[C@H]2[C@@H](C(=O)Nc3ccc(Br)cc3)[C@H]3C=C[C@@]2(O3)[C@H]1C(=O)NC1CCCCC1)Cc1ccccc1. The zero-order valence-corrected chi connectivity index (χ0v) is 26.3. The van der Waals surface area contributed by atoms with Crippen LogP contribution in [0, 0.1) is 11.8 Å². The molecule has 1 aliphatic carbocycles. The lowest BCUT2D eigenvalue weighted by atomic mass is 9.74. The van der Waals surface area contributed by atoms with E-state index in [4.69, 9.17) is 4.74 Å². The van der Waals surface area contributed by atoms with Crippen molar-refractivity contribution in [2.24, 2.45) is 11.8 Å². The van der Waals surface area contributed by atoms with Gasteiger partial charge < -0.3 is 20.3 Å². The number of anilines is 1. The van der Waals surface area contributed by atoms with Crippen molar-refractivity contribution in [3.63, 3.8) is 0 Å². The van der Waals surface area contributed by atoms with Crippen molar-refractivity contribution in [2.45, 2.75) is 75.8 Å². The fourth-order valence-corrected chi connectivity index (χ4v) is 7.71. The zero-order chi connectivity index (χ0) is 30.0. The first-order valence-corrected chi connectivity index (χ1v) is 16.5. The van der Waals surface area contributed by atoms with Crippen molar-refractivity contribution < 1.29 is 19.1 Å². The van der Waals surface area contributed by atoms with Crippen LogP contribution in [0.15, 0.2) is 71.2 Å². The Morgan fingerprint density at radius 3 is 2.51 bits per heavy atom. The molecule has 3 aliphatic heterocycles. The molecule has 9 heteroatoms. The van der Waals surface area contributed by atoms with Gasteiger partial charge in [-0.2, -0.15) is 0 Å². The molecule has 228 valence electrons. The molecule has 2 bridgehead atoms. The highest BCUT2D eigenvalue weighted by Gasteiger charge is 2.72. The summed E-state index contributed by atoms with van der Waals surface area (Å²) in [5.74, 6) is -2.05. The fraction of sp³-hybridized carbons (Fsp3) is 0.500. The van der Waals surface area contributed by atoms with Gasteiger partial charge in [-0.05, 0) is 55.6 Å². The predicted molar refractivity (Wildman–Crippen MR) is 169 cm³/mol.